The van der Waals surface area contributed by atoms with Gasteiger partial charge in [0.2, 0.25) is 0 Å². The number of carbonyl (C=O) groups is 1. The Kier molecular flexibility index (Phi) is 5.67. The Morgan fingerprint density at radius 2 is 2.00 bits per heavy atom. The second kappa shape index (κ2) is 7.09. The molecular formula is C11H20N2O3. The van der Waals surface area contributed by atoms with Gasteiger partial charge >= 0.3 is 6.16 Å². The summed E-state index contributed by atoms with van der Waals surface area (Å²) < 4.78 is 3.67. The molecular weight excluding hydrogens is 208 g/mol. The molecule has 2 rings (SSSR count). The smallest absolute Gasteiger partial charge is 0.450 e. The highest BCUT2D eigenvalue weighted by Gasteiger charge is 2.16. The summed E-state index contributed by atoms with van der Waals surface area (Å²) in [4.78, 5) is 16.2. The van der Waals surface area contributed by atoms with E-state index in [-0.39, 0.29) is 0 Å². The Morgan fingerprint density at radius 3 is 2.69 bits per heavy atom. The minimum Gasteiger partial charge on any atom is -0.450 e. The van der Waals surface area contributed by atoms with Crippen molar-refractivity contribution in [2.24, 2.45) is 4.99 Å². The van der Waals surface area contributed by atoms with Crippen LogP contribution < -0.4 is 0 Å². The first kappa shape index (κ1) is 12.8. The third-order valence-electron chi connectivity index (χ3n) is 2.75. The number of methoxy groups -OCH3 is 1. The first-order valence-corrected chi connectivity index (χ1v) is 5.79. The summed E-state index contributed by atoms with van der Waals surface area (Å²) in [6.45, 7) is 3.60. The quantitative estimate of drug-likeness (QED) is 0.644. The van der Waals surface area contributed by atoms with E-state index in [1.165, 1.54) is 51.0 Å². The molecule has 1 fully saturated rings. The fourth-order valence-corrected chi connectivity index (χ4v) is 1.94. The Morgan fingerprint density at radius 1 is 1.31 bits per heavy atom. The van der Waals surface area contributed by atoms with Crippen LogP contribution in [0.25, 0.3) is 0 Å². The topological polar surface area (TPSA) is 62.1 Å². The van der Waals surface area contributed by atoms with Crippen molar-refractivity contribution in [1.29, 1.82) is 0 Å². The van der Waals surface area contributed by atoms with Gasteiger partial charge in [-0.05, 0) is 19.3 Å². The van der Waals surface area contributed by atoms with Gasteiger partial charge in [-0.25, -0.2) is 4.79 Å². The average Bonchev–Trinajstić information content (AvgIpc) is 2.54. The maximum absolute atomic E-state index is 9.15. The second-order valence-corrected chi connectivity index (χ2v) is 3.92. The van der Waals surface area contributed by atoms with Crippen LogP contribution in [0.5, 0.6) is 0 Å². The molecule has 2 aliphatic heterocycles. The van der Waals surface area contributed by atoms with Crippen molar-refractivity contribution >= 4 is 12.0 Å². The molecule has 0 radical (unpaired) electrons. The van der Waals surface area contributed by atoms with Crippen LogP contribution in [-0.2, 0) is 4.74 Å². The third-order valence-corrected chi connectivity index (χ3v) is 2.75. The van der Waals surface area contributed by atoms with Gasteiger partial charge in [-0.2, -0.15) is 0 Å². The molecule has 1 N–H and O–H groups in total. The van der Waals surface area contributed by atoms with E-state index in [4.69, 9.17) is 9.90 Å². The van der Waals surface area contributed by atoms with Crippen LogP contribution >= 0.6 is 0 Å². The molecule has 0 aromatic carbocycles. The van der Waals surface area contributed by atoms with Crippen LogP contribution in [-0.4, -0.2) is 48.7 Å². The Bertz CT molecular complexity index is 254. The molecule has 0 aromatic heterocycles. The maximum atomic E-state index is 9.15. The van der Waals surface area contributed by atoms with Gasteiger partial charge in [0.05, 0.1) is 12.9 Å². The van der Waals surface area contributed by atoms with E-state index in [9.17, 15) is 0 Å². The summed E-state index contributed by atoms with van der Waals surface area (Å²) in [7, 11) is 1.10. The molecule has 0 aromatic rings. The minimum atomic E-state index is -1.25. The summed E-state index contributed by atoms with van der Waals surface area (Å²) in [5, 5.41) is 7.50. The van der Waals surface area contributed by atoms with Gasteiger partial charge in [-0.3, -0.25) is 4.99 Å². The molecule has 0 amide bonds. The van der Waals surface area contributed by atoms with Gasteiger partial charge in [-0.15, -0.1) is 0 Å². The zero-order valence-electron chi connectivity index (χ0n) is 9.81. The third kappa shape index (κ3) is 4.51. The predicted molar refractivity (Wildman–Crippen MR) is 62.0 cm³/mol. The molecule has 16 heavy (non-hydrogen) atoms. The fraction of sp³-hybridized carbons (Fsp3) is 0.818. The van der Waals surface area contributed by atoms with Crippen molar-refractivity contribution in [3.8, 4) is 0 Å². The molecule has 0 saturated carbocycles. The highest BCUT2D eigenvalue weighted by atomic mass is 16.6. The van der Waals surface area contributed by atoms with Crippen molar-refractivity contribution < 1.29 is 14.6 Å². The first-order chi connectivity index (χ1) is 7.74. The van der Waals surface area contributed by atoms with Crippen LogP contribution in [0.1, 0.15) is 32.1 Å². The number of carboxylic acid groups (broad SMARTS) is 1. The largest absolute Gasteiger partial charge is 0.505 e. The number of ether oxygens (including phenoxy) is 1. The molecule has 5 heteroatoms. The van der Waals surface area contributed by atoms with Crippen molar-refractivity contribution in [3.63, 3.8) is 0 Å². The van der Waals surface area contributed by atoms with E-state index in [1.54, 1.807) is 0 Å². The number of amidine groups is 1. The van der Waals surface area contributed by atoms with Gasteiger partial charge in [0, 0.05) is 26.1 Å². The predicted octanol–water partition coefficient (Wildman–Crippen LogP) is 1.98. The van der Waals surface area contributed by atoms with Crippen LogP contribution in [0.4, 0.5) is 4.79 Å². The lowest BCUT2D eigenvalue weighted by atomic mass is 10.2. The van der Waals surface area contributed by atoms with Crippen LogP contribution in [0.15, 0.2) is 4.99 Å². The number of aliphatic imine (C=N–C) groups is 1. The van der Waals surface area contributed by atoms with E-state index < -0.39 is 6.16 Å². The molecule has 2 aliphatic rings. The molecule has 1 saturated heterocycles. The zero-order valence-corrected chi connectivity index (χ0v) is 9.81. The second-order valence-electron chi connectivity index (χ2n) is 3.92. The fourth-order valence-electron chi connectivity index (χ4n) is 1.94. The Balaban J connectivity index is 0.000000221. The summed E-state index contributed by atoms with van der Waals surface area (Å²) in [5.74, 6) is 1.40. The highest BCUT2D eigenvalue weighted by Crippen LogP contribution is 2.15. The van der Waals surface area contributed by atoms with Gasteiger partial charge in [0.15, 0.2) is 0 Å². The molecule has 0 bridgehead atoms. The molecule has 0 aliphatic carbocycles. The van der Waals surface area contributed by atoms with E-state index in [0.29, 0.717) is 0 Å². The van der Waals surface area contributed by atoms with Crippen LogP contribution in [0.2, 0.25) is 0 Å². The monoisotopic (exact) mass is 228 g/mol. The lowest BCUT2D eigenvalue weighted by Gasteiger charge is -2.27. The van der Waals surface area contributed by atoms with Crippen molar-refractivity contribution in [1.82, 2.24) is 4.90 Å². The highest BCUT2D eigenvalue weighted by molar-refractivity contribution is 5.83. The molecule has 0 atom stereocenters. The Labute approximate surface area is 96.1 Å². The van der Waals surface area contributed by atoms with E-state index in [2.05, 4.69) is 14.6 Å². The van der Waals surface area contributed by atoms with Crippen molar-refractivity contribution in [3.05, 3.63) is 0 Å². The van der Waals surface area contributed by atoms with Gasteiger partial charge < -0.3 is 14.7 Å². The van der Waals surface area contributed by atoms with E-state index in [1.807, 2.05) is 0 Å². The standard InChI is InChI=1S/C9H16N2.C2H4O3/c1-2-5-9-10-6-4-8-11(9)7-3-1;1-5-2(3)4/h1-8H2;1H3,(H,3,4). The summed E-state index contributed by atoms with van der Waals surface area (Å²) in [6.07, 6.45) is 5.39. The number of hydrogen-bond acceptors (Lipinski definition) is 4. The summed E-state index contributed by atoms with van der Waals surface area (Å²) >= 11 is 0. The molecule has 2 heterocycles. The number of hydrogen-bond donors (Lipinski definition) is 1. The SMILES string of the molecule is C1CCC2=NCCCN2CC1.COC(=O)O. The minimum absolute atomic E-state index is 1.08. The van der Waals surface area contributed by atoms with E-state index >= 15 is 0 Å². The van der Waals surface area contributed by atoms with Crippen LogP contribution in [0, 0.1) is 0 Å². The summed E-state index contributed by atoms with van der Waals surface area (Å²) in [6, 6.07) is 0. The Hall–Kier alpha value is -1.26. The molecule has 0 spiro atoms. The normalized spacial score (nSPS) is 19.6. The lowest BCUT2D eigenvalue weighted by Crippen LogP contribution is -2.34. The zero-order chi connectivity index (χ0) is 11.8. The van der Waals surface area contributed by atoms with Gasteiger partial charge in [0.25, 0.3) is 0 Å². The lowest BCUT2D eigenvalue weighted by molar-refractivity contribution is 0.114. The van der Waals surface area contributed by atoms with Gasteiger partial charge in [0.1, 0.15) is 0 Å². The summed E-state index contributed by atoms with van der Waals surface area (Å²) in [5.41, 5.74) is 0. The van der Waals surface area contributed by atoms with E-state index in [0.717, 1.165) is 13.7 Å². The van der Waals surface area contributed by atoms with Crippen molar-refractivity contribution in [2.45, 2.75) is 32.1 Å². The number of fused-ring (bicyclic) bond motifs is 1. The maximum Gasteiger partial charge on any atom is 0.505 e. The number of rotatable bonds is 0. The van der Waals surface area contributed by atoms with Crippen LogP contribution in [0.3, 0.4) is 0 Å². The van der Waals surface area contributed by atoms with Crippen molar-refractivity contribution in [2.75, 3.05) is 26.7 Å². The molecule has 5 nitrogen and oxygen atoms in total. The van der Waals surface area contributed by atoms with Gasteiger partial charge in [-0.1, -0.05) is 6.42 Å². The molecule has 92 valence electrons. The average molecular weight is 228 g/mol. The first-order valence-electron chi connectivity index (χ1n) is 5.79. The molecule has 0 unspecified atom stereocenters. The number of nitrogens with zero attached hydrogens (tertiary/aromatic N) is 2.